The van der Waals surface area contributed by atoms with Gasteiger partial charge in [-0.1, -0.05) is 13.0 Å². The summed E-state index contributed by atoms with van der Waals surface area (Å²) < 4.78 is 0. The molecule has 0 saturated carbocycles. The largest absolute Gasteiger partial charge is 0.307 e. The molecule has 92 valence electrons. The lowest BCUT2D eigenvalue weighted by Crippen LogP contribution is -2.47. The van der Waals surface area contributed by atoms with Gasteiger partial charge in [-0.05, 0) is 45.8 Å². The first kappa shape index (κ1) is 13.7. The van der Waals surface area contributed by atoms with Gasteiger partial charge in [0.15, 0.2) is 0 Å². The predicted molar refractivity (Wildman–Crippen MR) is 73.1 cm³/mol. The Morgan fingerprint density at radius 3 is 2.56 bits per heavy atom. The highest BCUT2D eigenvalue weighted by molar-refractivity contribution is 7.10. The summed E-state index contributed by atoms with van der Waals surface area (Å²) in [5.41, 5.74) is 0.199. The third-order valence-corrected chi connectivity index (χ3v) is 4.27. The molecule has 2 nitrogen and oxygen atoms in total. The highest BCUT2D eigenvalue weighted by atomic mass is 32.1. The molecule has 0 aliphatic carbocycles. The lowest BCUT2D eigenvalue weighted by molar-refractivity contribution is 0.184. The molecule has 1 aromatic heterocycles. The molecule has 1 unspecified atom stereocenters. The summed E-state index contributed by atoms with van der Waals surface area (Å²) in [5.74, 6) is 0. The Kier molecular flexibility index (Phi) is 4.96. The molecule has 3 heteroatoms. The van der Waals surface area contributed by atoms with E-state index in [0.717, 1.165) is 13.0 Å². The van der Waals surface area contributed by atoms with Crippen molar-refractivity contribution in [1.29, 1.82) is 0 Å². The van der Waals surface area contributed by atoms with Gasteiger partial charge in [-0.25, -0.2) is 0 Å². The molecular weight excluding hydrogens is 216 g/mol. The summed E-state index contributed by atoms with van der Waals surface area (Å²) >= 11 is 1.84. The maximum Gasteiger partial charge on any atom is 0.0412 e. The van der Waals surface area contributed by atoms with Crippen LogP contribution in [0.5, 0.6) is 0 Å². The first-order valence-electron chi connectivity index (χ1n) is 5.91. The van der Waals surface area contributed by atoms with E-state index >= 15 is 0 Å². The highest BCUT2D eigenvalue weighted by Crippen LogP contribution is 2.22. The van der Waals surface area contributed by atoms with Crippen LogP contribution in [0.3, 0.4) is 0 Å². The Balaban J connectivity index is 2.53. The number of hydrogen-bond acceptors (Lipinski definition) is 3. The molecule has 1 N–H and O–H groups in total. The molecule has 1 atom stereocenters. The van der Waals surface area contributed by atoms with Crippen molar-refractivity contribution in [3.8, 4) is 0 Å². The molecule has 0 spiro atoms. The molecular formula is C13H24N2S. The van der Waals surface area contributed by atoms with Gasteiger partial charge in [0.25, 0.3) is 0 Å². The zero-order chi connectivity index (χ0) is 12.2. The number of hydrogen-bond donors (Lipinski definition) is 1. The van der Waals surface area contributed by atoms with Crippen LogP contribution in [0.4, 0.5) is 0 Å². The number of likely N-dealkylation sites (N-methyl/N-ethyl adjacent to an activating group) is 1. The van der Waals surface area contributed by atoms with E-state index in [1.165, 1.54) is 4.88 Å². The SMILES string of the molecule is CCC(NCC(C)(C)N(C)C)c1cccs1. The monoisotopic (exact) mass is 240 g/mol. The number of thiophene rings is 1. The fourth-order valence-electron chi connectivity index (χ4n) is 1.47. The minimum Gasteiger partial charge on any atom is -0.307 e. The van der Waals surface area contributed by atoms with Crippen molar-refractivity contribution in [3.05, 3.63) is 22.4 Å². The van der Waals surface area contributed by atoms with Crippen LogP contribution in [0.1, 0.15) is 38.1 Å². The average molecular weight is 240 g/mol. The molecule has 0 radical (unpaired) electrons. The van der Waals surface area contributed by atoms with E-state index in [0.29, 0.717) is 6.04 Å². The molecule has 1 heterocycles. The van der Waals surface area contributed by atoms with Gasteiger partial charge in [0.05, 0.1) is 0 Å². The highest BCUT2D eigenvalue weighted by Gasteiger charge is 2.21. The van der Waals surface area contributed by atoms with Crippen LogP contribution < -0.4 is 5.32 Å². The van der Waals surface area contributed by atoms with Crippen molar-refractivity contribution < 1.29 is 0 Å². The standard InChI is InChI=1S/C13H24N2S/c1-6-11(12-8-7-9-16-12)14-10-13(2,3)15(4)5/h7-9,11,14H,6,10H2,1-5H3. The van der Waals surface area contributed by atoms with Crippen molar-refractivity contribution in [3.63, 3.8) is 0 Å². The molecule has 16 heavy (non-hydrogen) atoms. The molecule has 1 aromatic rings. The molecule has 1 rings (SSSR count). The quantitative estimate of drug-likeness (QED) is 0.822. The van der Waals surface area contributed by atoms with E-state index < -0.39 is 0 Å². The lowest BCUT2D eigenvalue weighted by atomic mass is 10.0. The Bertz CT molecular complexity index is 291. The number of nitrogens with one attached hydrogen (secondary N) is 1. The molecule has 0 amide bonds. The van der Waals surface area contributed by atoms with Crippen LogP contribution in [-0.2, 0) is 0 Å². The smallest absolute Gasteiger partial charge is 0.0412 e. The lowest BCUT2D eigenvalue weighted by Gasteiger charge is -2.34. The molecule has 0 aliphatic heterocycles. The summed E-state index contributed by atoms with van der Waals surface area (Å²) in [6, 6.07) is 4.84. The molecule has 0 bridgehead atoms. The third kappa shape index (κ3) is 3.58. The Morgan fingerprint density at radius 1 is 1.44 bits per heavy atom. The van der Waals surface area contributed by atoms with Crippen LogP contribution in [0, 0.1) is 0 Å². The maximum atomic E-state index is 3.66. The maximum absolute atomic E-state index is 3.66. The van der Waals surface area contributed by atoms with Crippen LogP contribution >= 0.6 is 11.3 Å². The van der Waals surface area contributed by atoms with Crippen molar-refractivity contribution in [1.82, 2.24) is 10.2 Å². The zero-order valence-electron chi connectivity index (χ0n) is 11.1. The first-order chi connectivity index (χ1) is 7.47. The molecule has 0 fully saturated rings. The Labute approximate surface area is 104 Å². The van der Waals surface area contributed by atoms with Gasteiger partial charge >= 0.3 is 0 Å². The van der Waals surface area contributed by atoms with Gasteiger partial charge in [0, 0.05) is 23.0 Å². The van der Waals surface area contributed by atoms with Gasteiger partial charge in [-0.15, -0.1) is 11.3 Å². The van der Waals surface area contributed by atoms with Crippen LogP contribution in [0.25, 0.3) is 0 Å². The van der Waals surface area contributed by atoms with Crippen molar-refractivity contribution in [2.45, 2.75) is 38.8 Å². The van der Waals surface area contributed by atoms with E-state index in [2.05, 4.69) is 62.6 Å². The van der Waals surface area contributed by atoms with Crippen molar-refractivity contribution in [2.24, 2.45) is 0 Å². The molecule has 0 aliphatic rings. The van der Waals surface area contributed by atoms with Crippen LogP contribution in [-0.4, -0.2) is 31.1 Å². The van der Waals surface area contributed by atoms with E-state index in [9.17, 15) is 0 Å². The summed E-state index contributed by atoms with van der Waals surface area (Å²) in [4.78, 5) is 3.71. The van der Waals surface area contributed by atoms with Gasteiger partial charge in [0.1, 0.15) is 0 Å². The first-order valence-corrected chi connectivity index (χ1v) is 6.79. The van der Waals surface area contributed by atoms with Crippen LogP contribution in [0.15, 0.2) is 17.5 Å². The topological polar surface area (TPSA) is 15.3 Å². The second-order valence-electron chi connectivity index (χ2n) is 5.06. The Morgan fingerprint density at radius 2 is 2.12 bits per heavy atom. The Hall–Kier alpha value is -0.380. The van der Waals surface area contributed by atoms with E-state index in [1.54, 1.807) is 0 Å². The molecule has 0 aromatic carbocycles. The van der Waals surface area contributed by atoms with Gasteiger partial charge in [-0.2, -0.15) is 0 Å². The van der Waals surface area contributed by atoms with Crippen LogP contribution in [0.2, 0.25) is 0 Å². The number of rotatable bonds is 6. The predicted octanol–water partition coefficient (Wildman–Crippen LogP) is 3.13. The summed E-state index contributed by atoms with van der Waals surface area (Å²) in [6.07, 6.45) is 1.14. The summed E-state index contributed by atoms with van der Waals surface area (Å²) in [6.45, 7) is 7.78. The summed E-state index contributed by atoms with van der Waals surface area (Å²) in [7, 11) is 4.27. The van der Waals surface area contributed by atoms with E-state index in [4.69, 9.17) is 0 Å². The minimum atomic E-state index is 0.199. The van der Waals surface area contributed by atoms with Gasteiger partial charge < -0.3 is 10.2 Å². The van der Waals surface area contributed by atoms with Gasteiger partial charge in [0.2, 0.25) is 0 Å². The second kappa shape index (κ2) is 5.80. The second-order valence-corrected chi connectivity index (χ2v) is 6.04. The number of nitrogens with zero attached hydrogens (tertiary/aromatic N) is 1. The van der Waals surface area contributed by atoms with Gasteiger partial charge in [-0.3, -0.25) is 0 Å². The fourth-order valence-corrected chi connectivity index (χ4v) is 2.35. The summed E-state index contributed by atoms with van der Waals surface area (Å²) in [5, 5.41) is 5.81. The average Bonchev–Trinajstić information content (AvgIpc) is 2.71. The van der Waals surface area contributed by atoms with E-state index in [1.807, 2.05) is 11.3 Å². The van der Waals surface area contributed by atoms with E-state index in [-0.39, 0.29) is 5.54 Å². The minimum absolute atomic E-state index is 0.199. The zero-order valence-corrected chi connectivity index (χ0v) is 11.9. The molecule has 0 saturated heterocycles. The third-order valence-electron chi connectivity index (χ3n) is 3.29. The van der Waals surface area contributed by atoms with Crippen molar-refractivity contribution >= 4 is 11.3 Å². The normalized spacial score (nSPS) is 14.4. The fraction of sp³-hybridized carbons (Fsp3) is 0.692. The van der Waals surface area contributed by atoms with Crippen molar-refractivity contribution in [2.75, 3.05) is 20.6 Å².